The number of piperidine rings is 1. The lowest BCUT2D eigenvalue weighted by atomic mass is 9.81. The van der Waals surface area contributed by atoms with E-state index in [1.54, 1.807) is 27.0 Å². The van der Waals surface area contributed by atoms with Gasteiger partial charge in [-0.15, -0.1) is 6.58 Å². The number of amides is 1. The summed E-state index contributed by atoms with van der Waals surface area (Å²) in [5.74, 6) is -6.85. The minimum Gasteiger partial charge on any atom is -0.456 e. The van der Waals surface area contributed by atoms with Crippen molar-refractivity contribution in [1.29, 1.82) is 0 Å². The second-order valence-electron chi connectivity index (χ2n) is 16.5. The third kappa shape index (κ3) is 12.4. The summed E-state index contributed by atoms with van der Waals surface area (Å²) >= 11 is 0. The first-order valence-corrected chi connectivity index (χ1v) is 20.3. The fourth-order valence-corrected chi connectivity index (χ4v) is 8.30. The van der Waals surface area contributed by atoms with Crippen molar-refractivity contribution in [2.24, 2.45) is 29.6 Å². The molecule has 3 N–H and O–H groups in total. The van der Waals surface area contributed by atoms with Crippen LogP contribution < -0.4 is 0 Å². The van der Waals surface area contributed by atoms with Crippen molar-refractivity contribution in [1.82, 2.24) is 4.90 Å². The number of nitrogens with zero attached hydrogens (tertiary/aromatic N) is 1. The number of ketones is 2. The van der Waals surface area contributed by atoms with Crippen LogP contribution in [0.3, 0.4) is 0 Å². The van der Waals surface area contributed by atoms with Gasteiger partial charge in [0.2, 0.25) is 5.79 Å². The van der Waals surface area contributed by atoms with Gasteiger partial charge in [-0.1, -0.05) is 57.9 Å². The van der Waals surface area contributed by atoms with E-state index in [0.717, 1.165) is 18.4 Å². The van der Waals surface area contributed by atoms with Crippen molar-refractivity contribution in [3.8, 4) is 0 Å². The molecule has 3 rings (SSSR count). The Kier molecular flexibility index (Phi) is 18.4. The smallest absolute Gasteiger partial charge is 0.329 e. The van der Waals surface area contributed by atoms with Gasteiger partial charge in [0, 0.05) is 44.9 Å². The molecule has 2 aliphatic heterocycles. The number of aliphatic hydroxyl groups excluding tert-OH is 2. The lowest BCUT2D eigenvalue weighted by Gasteiger charge is -2.41. The highest BCUT2D eigenvalue weighted by molar-refractivity contribution is 6.39. The van der Waals surface area contributed by atoms with Crippen LogP contribution in [0, 0.1) is 29.6 Å². The molecule has 2 saturated heterocycles. The molecule has 1 amide bonds. The first-order valence-electron chi connectivity index (χ1n) is 20.3. The summed E-state index contributed by atoms with van der Waals surface area (Å²) < 4.78 is 22.6. The first kappa shape index (κ1) is 46.6. The molecule has 1 unspecified atom stereocenters. The first-order chi connectivity index (χ1) is 26.0. The fourth-order valence-electron chi connectivity index (χ4n) is 8.30. The number of hydrogen-bond acceptors (Lipinski definition) is 11. The van der Waals surface area contributed by atoms with Crippen molar-refractivity contribution in [2.45, 2.75) is 155 Å². The zero-order valence-corrected chi connectivity index (χ0v) is 34.5. The van der Waals surface area contributed by atoms with Gasteiger partial charge in [0.05, 0.1) is 31.0 Å². The Morgan fingerprint density at radius 1 is 1.04 bits per heavy atom. The Morgan fingerprint density at radius 2 is 1.75 bits per heavy atom. The molecule has 0 bridgehead atoms. The van der Waals surface area contributed by atoms with E-state index in [4.69, 9.17) is 18.9 Å². The summed E-state index contributed by atoms with van der Waals surface area (Å²) in [6.07, 6.45) is 7.87. The van der Waals surface area contributed by atoms with Gasteiger partial charge in [-0.3, -0.25) is 14.4 Å². The van der Waals surface area contributed by atoms with Crippen molar-refractivity contribution >= 4 is 23.4 Å². The number of rotatable bonds is 19. The second kappa shape index (κ2) is 21.7. The van der Waals surface area contributed by atoms with Crippen LogP contribution in [-0.4, -0.2) is 113 Å². The minimum atomic E-state index is -2.36. The highest BCUT2D eigenvalue weighted by Gasteiger charge is 2.52. The number of methoxy groups -OCH3 is 2. The largest absolute Gasteiger partial charge is 0.456 e. The third-order valence-corrected chi connectivity index (χ3v) is 12.1. The molecule has 1 aliphatic carbocycles. The van der Waals surface area contributed by atoms with Gasteiger partial charge < -0.3 is 39.2 Å². The molecule has 3 aliphatic rings. The Bertz CT molecular complexity index is 1380. The molecule has 0 spiro atoms. The Morgan fingerprint density at radius 3 is 2.36 bits per heavy atom. The van der Waals surface area contributed by atoms with Crippen molar-refractivity contribution in [3.63, 3.8) is 0 Å². The minimum absolute atomic E-state index is 0.00238. The Labute approximate surface area is 328 Å². The van der Waals surface area contributed by atoms with E-state index in [0.29, 0.717) is 56.4 Å². The maximum atomic E-state index is 14.2. The van der Waals surface area contributed by atoms with Gasteiger partial charge in [0.25, 0.3) is 11.7 Å². The number of esters is 1. The number of likely N-dealkylation sites (tertiary alicyclic amines) is 1. The Balaban J connectivity index is 1.88. The van der Waals surface area contributed by atoms with Gasteiger partial charge in [0.15, 0.2) is 0 Å². The van der Waals surface area contributed by atoms with E-state index in [1.165, 1.54) is 12.0 Å². The quantitative estimate of drug-likeness (QED) is 0.0889. The van der Waals surface area contributed by atoms with Crippen LogP contribution in [0.5, 0.6) is 0 Å². The number of hydrogen-bond donors (Lipinski definition) is 3. The van der Waals surface area contributed by atoms with Gasteiger partial charge in [-0.25, -0.2) is 4.79 Å². The molecule has 3 fully saturated rings. The number of aliphatic hydroxyl groups is 3. The van der Waals surface area contributed by atoms with Crippen molar-refractivity contribution in [3.05, 3.63) is 36.0 Å². The zero-order chi connectivity index (χ0) is 41.0. The van der Waals surface area contributed by atoms with Crippen molar-refractivity contribution < 1.29 is 53.4 Å². The monoisotopic (exact) mass is 775 g/mol. The van der Waals surface area contributed by atoms with Crippen LogP contribution in [0.1, 0.15) is 112 Å². The molecular weight excluding hydrogens is 706 g/mol. The molecule has 312 valence electrons. The maximum Gasteiger partial charge on any atom is 0.329 e. The van der Waals surface area contributed by atoms with Crippen LogP contribution in [0.2, 0.25) is 0 Å². The average Bonchev–Trinajstić information content (AvgIpc) is 3.17. The summed E-state index contributed by atoms with van der Waals surface area (Å²) in [7, 11) is 3.07. The molecule has 0 aromatic carbocycles. The zero-order valence-electron chi connectivity index (χ0n) is 34.5. The fraction of sp³-hybridized carbons (Fsp3) is 0.767. The molecule has 55 heavy (non-hydrogen) atoms. The van der Waals surface area contributed by atoms with E-state index in [1.807, 2.05) is 26.0 Å². The predicted octanol–water partition coefficient (Wildman–Crippen LogP) is 5.26. The normalized spacial score (nSPS) is 30.8. The molecule has 12 heteroatoms. The number of ether oxygens (including phenoxy) is 4. The SMILES string of the molecule is C=CC[C@H](/C=C(\C)C[C@H](C)CC)C(=O)C[C@H](O)[C@@H](C)[C@H](OC(=O)[C@@H]1CCCCN1C(=O)C(=O)[C@]1(O)OC[C@@H](OC)C[C@H]1C)/C(C)=C/C1CC[C@@H](O)[C@H](OC)C1. The predicted molar refractivity (Wildman–Crippen MR) is 209 cm³/mol. The Hall–Kier alpha value is -2.74. The number of allylic oxidation sites excluding steroid dienone is 4. The van der Waals surface area contributed by atoms with E-state index in [9.17, 15) is 34.5 Å². The number of Topliss-reactive ketones (excluding diaryl/α,β-unsaturated/α-hetero) is 2. The molecule has 2 heterocycles. The van der Waals surface area contributed by atoms with Gasteiger partial charge in [0.1, 0.15) is 17.9 Å². The summed E-state index contributed by atoms with van der Waals surface area (Å²) in [5, 5.41) is 33.3. The lowest BCUT2D eigenvalue weighted by molar-refractivity contribution is -0.258. The van der Waals surface area contributed by atoms with Crippen LogP contribution in [-0.2, 0) is 38.1 Å². The molecule has 12 atom stereocenters. The standard InChI is InChI=1S/C43H69NO11/c1-10-14-32(20-27(4)19-26(3)11-2)37(47)24-36(46)30(7)39(28(5)21-31-16-17-35(45)38(23-31)53-9)55-42(50)34-15-12-13-18-44(34)41(49)40(48)43(51)29(6)22-33(52-8)25-54-43/h10,20-21,26,29-36,38-39,45-46,51H,1,11-19,22-25H2,2-9H3/b27-20+,28-21+/t26-,29-,30-,31?,32-,33+,34+,35-,36+,38-,39-,43-/m1/s1. The molecule has 1 saturated carbocycles. The van der Waals surface area contributed by atoms with Gasteiger partial charge in [-0.05, 0) is 89.0 Å². The summed E-state index contributed by atoms with van der Waals surface area (Å²) in [4.78, 5) is 56.4. The molecule has 0 aromatic heterocycles. The second-order valence-corrected chi connectivity index (χ2v) is 16.5. The van der Waals surface area contributed by atoms with Crippen LogP contribution in [0.4, 0.5) is 0 Å². The number of carbonyl (C=O) groups excluding carboxylic acids is 4. The highest BCUT2D eigenvalue weighted by Crippen LogP contribution is 2.34. The van der Waals surface area contributed by atoms with Crippen LogP contribution >= 0.6 is 0 Å². The third-order valence-electron chi connectivity index (χ3n) is 12.1. The lowest BCUT2D eigenvalue weighted by Crippen LogP contribution is -2.61. The summed E-state index contributed by atoms with van der Waals surface area (Å²) in [5.41, 5.74) is 1.77. The van der Waals surface area contributed by atoms with Crippen LogP contribution in [0.25, 0.3) is 0 Å². The van der Waals surface area contributed by atoms with E-state index in [2.05, 4.69) is 20.4 Å². The van der Waals surface area contributed by atoms with E-state index >= 15 is 0 Å². The average molecular weight is 776 g/mol. The van der Waals surface area contributed by atoms with E-state index in [-0.39, 0.29) is 49.9 Å². The molecular formula is C43H69NO11. The maximum absolute atomic E-state index is 14.2. The van der Waals surface area contributed by atoms with Crippen LogP contribution in [0.15, 0.2) is 36.0 Å². The summed E-state index contributed by atoms with van der Waals surface area (Å²) in [6.45, 7) is 15.4. The summed E-state index contributed by atoms with van der Waals surface area (Å²) in [6, 6.07) is -1.11. The van der Waals surface area contributed by atoms with E-state index < -0.39 is 65.6 Å². The van der Waals surface area contributed by atoms with Gasteiger partial charge in [-0.2, -0.15) is 0 Å². The number of carbonyl (C=O) groups is 4. The molecule has 0 aromatic rings. The topological polar surface area (TPSA) is 169 Å². The van der Waals surface area contributed by atoms with Crippen molar-refractivity contribution in [2.75, 3.05) is 27.4 Å². The molecule has 0 radical (unpaired) electrons. The van der Waals surface area contributed by atoms with Gasteiger partial charge >= 0.3 is 5.97 Å². The molecule has 12 nitrogen and oxygen atoms in total. The highest BCUT2D eigenvalue weighted by atomic mass is 16.6.